The Kier molecular flexibility index (Phi) is 13.0. The molecule has 0 radical (unpaired) electrons. The lowest BCUT2D eigenvalue weighted by Gasteiger charge is -2.35. The van der Waals surface area contributed by atoms with Crippen LogP contribution in [0, 0.1) is 0 Å². The summed E-state index contributed by atoms with van der Waals surface area (Å²) in [6.07, 6.45) is -6.90. The molecule has 2 saturated heterocycles. The van der Waals surface area contributed by atoms with Gasteiger partial charge in [-0.05, 0) is 18.9 Å². The number of hydrogen-bond acceptors (Lipinski definition) is 15. The molecule has 1 aromatic rings. The molecule has 1 aromatic heterocycles. The van der Waals surface area contributed by atoms with Crippen molar-refractivity contribution in [2.75, 3.05) is 13.7 Å². The Bertz CT molecular complexity index is 1650. The normalized spacial score (nSPS) is 30.4. The number of aromatic amines is 1. The van der Waals surface area contributed by atoms with Crippen LogP contribution in [0.5, 0.6) is 0 Å². The topological polar surface area (TPSA) is 283 Å². The molecule has 4 aliphatic rings. The minimum absolute atomic E-state index is 0.0846. The maximum absolute atomic E-state index is 12.9. The van der Waals surface area contributed by atoms with E-state index in [1.807, 2.05) is 10.4 Å². The zero-order valence-electron chi connectivity index (χ0n) is 27.3. The molecular formula is C30H40N6O13S2. The largest absolute Gasteiger partial charge is 0.456 e. The Morgan fingerprint density at radius 2 is 1.84 bits per heavy atom. The molecule has 9 N–H and O–H groups in total. The Labute approximate surface area is 298 Å². The molecule has 0 bridgehead atoms. The van der Waals surface area contributed by atoms with Crippen LogP contribution in [0.1, 0.15) is 44.8 Å². The summed E-state index contributed by atoms with van der Waals surface area (Å²) in [7, 11) is 4.25. The molecule has 19 nitrogen and oxygen atoms in total. The van der Waals surface area contributed by atoms with Gasteiger partial charge in [0.25, 0.3) is 11.5 Å². The quantitative estimate of drug-likeness (QED) is 0.0630. The smallest absolute Gasteiger partial charge is 0.330 e. The van der Waals surface area contributed by atoms with Gasteiger partial charge >= 0.3 is 5.69 Å². The summed E-state index contributed by atoms with van der Waals surface area (Å²) in [6, 6.07) is 0.451. The number of aliphatic hydroxyl groups excluding tert-OH is 3. The summed E-state index contributed by atoms with van der Waals surface area (Å²) in [5, 5.41) is 41.9. The zero-order valence-corrected chi connectivity index (χ0v) is 28.9. The first-order chi connectivity index (χ1) is 24.4. The van der Waals surface area contributed by atoms with Crippen LogP contribution in [0.3, 0.4) is 0 Å². The van der Waals surface area contributed by atoms with Crippen LogP contribution in [0.25, 0.3) is 0 Å². The molecule has 4 amide bonds. The molecule has 0 saturated carbocycles. The number of H-pyrrole nitrogens is 1. The Balaban J connectivity index is 1.06. The van der Waals surface area contributed by atoms with Crippen molar-refractivity contribution >= 4 is 45.2 Å². The van der Waals surface area contributed by atoms with Gasteiger partial charge in [-0.2, -0.15) is 0 Å². The molecule has 0 spiro atoms. The third-order valence-electron chi connectivity index (χ3n) is 8.60. The average Bonchev–Trinajstić information content (AvgIpc) is 3.76. The second kappa shape index (κ2) is 17.2. The predicted molar refractivity (Wildman–Crippen MR) is 179 cm³/mol. The van der Waals surface area contributed by atoms with Gasteiger partial charge in [0.15, 0.2) is 18.1 Å². The van der Waals surface area contributed by atoms with Crippen LogP contribution >= 0.6 is 21.6 Å². The number of nitrogens with one attached hydrogen (secondary N) is 4. The van der Waals surface area contributed by atoms with Gasteiger partial charge in [-0.15, -0.1) is 0 Å². The van der Waals surface area contributed by atoms with Gasteiger partial charge in [0.05, 0.1) is 5.25 Å². The number of fused-ring (bicyclic) bond motifs is 1. The van der Waals surface area contributed by atoms with Gasteiger partial charge in [-0.1, -0.05) is 40.9 Å². The van der Waals surface area contributed by atoms with E-state index in [0.29, 0.717) is 19.3 Å². The number of unbranched alkanes of at least 4 members (excludes halogenated alkanes) is 4. The molecular weight excluding hydrogens is 716 g/mol. The monoisotopic (exact) mass is 756 g/mol. The molecule has 21 heteroatoms. The number of aromatic nitrogens is 2. The lowest BCUT2D eigenvalue weighted by Crippen LogP contribution is -2.54. The highest BCUT2D eigenvalue weighted by Crippen LogP contribution is 2.43. The van der Waals surface area contributed by atoms with Gasteiger partial charge in [0.1, 0.15) is 36.6 Å². The molecule has 51 heavy (non-hydrogen) atoms. The van der Waals surface area contributed by atoms with Gasteiger partial charge in [-0.3, -0.25) is 33.5 Å². The minimum atomic E-state index is -1.80. The number of carbonyl (C=O) groups is 4. The van der Waals surface area contributed by atoms with Crippen molar-refractivity contribution in [3.8, 4) is 0 Å². The van der Waals surface area contributed by atoms with E-state index in [2.05, 4.69) is 16.0 Å². The Morgan fingerprint density at radius 1 is 1.10 bits per heavy atom. The molecule has 0 aliphatic carbocycles. The number of methoxy groups -OCH3 is 1. The summed E-state index contributed by atoms with van der Waals surface area (Å²) in [4.78, 5) is 75.7. The third kappa shape index (κ3) is 9.03. The average molecular weight is 757 g/mol. The van der Waals surface area contributed by atoms with Gasteiger partial charge in [-0.25, -0.2) is 4.79 Å². The highest BCUT2D eigenvalue weighted by atomic mass is 33.1. The highest BCUT2D eigenvalue weighted by Gasteiger charge is 2.52. The second-order valence-electron chi connectivity index (χ2n) is 12.2. The third-order valence-corrected chi connectivity index (χ3v) is 11.0. The van der Waals surface area contributed by atoms with E-state index in [4.69, 9.17) is 24.7 Å². The Morgan fingerprint density at radius 3 is 2.57 bits per heavy atom. The van der Waals surface area contributed by atoms with E-state index >= 15 is 0 Å². The van der Waals surface area contributed by atoms with Crippen LogP contribution in [0.2, 0.25) is 0 Å². The standard InChI is InChI=1S/C30H40N6O13S2/c1-46-21-20(41)28(36-10-8-17(39)35-30(36)45)48-22(21)23(25(31)42)49-29-19(40)14(37)11-15(47-29)26(43)32-9-6-4-2-3-5-7-16(38)34-18-24-13(12-50-51-24)33-27(18)44/h8,10-12,14,18-24,28-29,37,40-41H,2-7,9H2,1H3,(H2,31,42)(H,32,43)(H,33,44)(H,34,38)(H,35,39,45)/t14-,18?,19-,20+,21-,22-,23+,24?,28+,29+/m0/s1. The van der Waals surface area contributed by atoms with Crippen molar-refractivity contribution in [2.45, 2.75) is 99.0 Å². The molecule has 0 aromatic carbocycles. The number of primary amides is 1. The van der Waals surface area contributed by atoms with Crippen molar-refractivity contribution in [1.29, 1.82) is 0 Å². The first-order valence-corrected chi connectivity index (χ1v) is 18.4. The van der Waals surface area contributed by atoms with Crippen LogP contribution < -0.4 is 32.9 Å². The SMILES string of the molecule is CO[C@H]1[C@@H](O)[C@H](n2ccc(=O)[nH]c2=O)O[C@@H]1[C@@H](O[C@H]1OC(C(=O)NCCCCCCCC(=O)NC2C(=O)NC3=CSSC32)=C[C@H](O)[C@@H]1O)C(N)=O. The number of carbonyl (C=O) groups excluding carboxylic acids is 4. The van der Waals surface area contributed by atoms with Crippen LogP contribution in [-0.2, 0) is 38.1 Å². The van der Waals surface area contributed by atoms with Crippen molar-refractivity contribution in [1.82, 2.24) is 25.5 Å². The minimum Gasteiger partial charge on any atom is -0.456 e. The van der Waals surface area contributed by atoms with Crippen LogP contribution in [-0.4, -0.2) is 116 Å². The van der Waals surface area contributed by atoms with Crippen LogP contribution in [0.4, 0.5) is 0 Å². The number of hydrogen-bond donors (Lipinski definition) is 8. The maximum atomic E-state index is 12.9. The maximum Gasteiger partial charge on any atom is 0.330 e. The summed E-state index contributed by atoms with van der Waals surface area (Å²) in [6.45, 7) is 0.243. The fourth-order valence-electron chi connectivity index (χ4n) is 5.96. The second-order valence-corrected chi connectivity index (χ2v) is 14.4. The molecule has 280 valence electrons. The number of ether oxygens (including phenoxy) is 4. The summed E-state index contributed by atoms with van der Waals surface area (Å²) in [5.74, 6) is -2.65. The van der Waals surface area contributed by atoms with E-state index in [9.17, 15) is 44.1 Å². The van der Waals surface area contributed by atoms with Gasteiger partial charge < -0.3 is 56.0 Å². The van der Waals surface area contributed by atoms with Gasteiger partial charge in [0.2, 0.25) is 24.0 Å². The van der Waals surface area contributed by atoms with Crippen molar-refractivity contribution < 1.29 is 53.4 Å². The summed E-state index contributed by atoms with van der Waals surface area (Å²) < 4.78 is 23.1. The number of amides is 4. The molecule has 2 unspecified atom stereocenters. The van der Waals surface area contributed by atoms with E-state index in [-0.39, 0.29) is 23.6 Å². The molecule has 4 aliphatic heterocycles. The number of nitrogens with two attached hydrogens (primary N) is 1. The molecule has 5 rings (SSSR count). The van der Waals surface area contributed by atoms with Crippen molar-refractivity contribution in [3.05, 3.63) is 56.0 Å². The molecule has 2 fully saturated rings. The summed E-state index contributed by atoms with van der Waals surface area (Å²) >= 11 is 0. The number of aliphatic hydroxyl groups is 3. The first-order valence-electron chi connectivity index (χ1n) is 16.2. The lowest BCUT2D eigenvalue weighted by atomic mass is 10.0. The van der Waals surface area contributed by atoms with E-state index in [1.54, 1.807) is 0 Å². The zero-order chi connectivity index (χ0) is 36.8. The van der Waals surface area contributed by atoms with Gasteiger partial charge in [0, 0.05) is 43.4 Å². The van der Waals surface area contributed by atoms with Crippen molar-refractivity contribution in [2.24, 2.45) is 5.73 Å². The Hall–Kier alpha value is -3.70. The number of nitrogens with zero attached hydrogens (tertiary/aromatic N) is 1. The highest BCUT2D eigenvalue weighted by molar-refractivity contribution is 8.78. The van der Waals surface area contributed by atoms with E-state index < -0.39 is 84.0 Å². The van der Waals surface area contributed by atoms with E-state index in [1.165, 1.54) is 28.7 Å². The number of rotatable bonds is 16. The molecule has 5 heterocycles. The van der Waals surface area contributed by atoms with Crippen LogP contribution in [0.15, 0.2) is 44.8 Å². The molecule has 10 atom stereocenters. The lowest BCUT2D eigenvalue weighted by molar-refractivity contribution is -0.241. The fraction of sp³-hybridized carbons (Fsp3) is 0.600. The fourth-order valence-corrected chi connectivity index (χ4v) is 8.54. The van der Waals surface area contributed by atoms with E-state index in [0.717, 1.165) is 47.9 Å². The summed E-state index contributed by atoms with van der Waals surface area (Å²) in [5.41, 5.74) is 4.79. The first kappa shape index (κ1) is 38.5. The van der Waals surface area contributed by atoms with Crippen molar-refractivity contribution in [3.63, 3.8) is 0 Å². The predicted octanol–water partition coefficient (Wildman–Crippen LogP) is -2.68.